The molecule has 1 atom stereocenters. The number of halogens is 1. The highest BCUT2D eigenvalue weighted by Crippen LogP contribution is 2.16. The molecule has 0 aliphatic carbocycles. The molecule has 1 aliphatic heterocycles. The Kier molecular flexibility index (Phi) is 6.46. The number of carbonyl (C=O) groups is 1. The van der Waals surface area contributed by atoms with E-state index in [1.165, 1.54) is 5.56 Å². The number of anilines is 1. The van der Waals surface area contributed by atoms with Gasteiger partial charge in [0.25, 0.3) is 0 Å². The first-order chi connectivity index (χ1) is 13.0. The lowest BCUT2D eigenvalue weighted by molar-refractivity contribution is -0.121. The van der Waals surface area contributed by atoms with Gasteiger partial charge in [-0.3, -0.25) is 14.6 Å². The van der Waals surface area contributed by atoms with Gasteiger partial charge in [0.1, 0.15) is 0 Å². The number of benzene rings is 2. The molecule has 0 saturated carbocycles. The fraction of sp³-hybridized carbons (Fsp3) is 0.333. The first kappa shape index (κ1) is 19.4. The molecule has 1 amide bonds. The maximum atomic E-state index is 12.5. The van der Waals surface area contributed by atoms with Gasteiger partial charge in [0.05, 0.1) is 17.7 Å². The molecule has 140 valence electrons. The Morgan fingerprint density at radius 2 is 1.89 bits per heavy atom. The molecule has 0 bridgehead atoms. The molecule has 1 saturated heterocycles. The Balaban J connectivity index is 1.49. The highest BCUT2D eigenvalue weighted by Gasteiger charge is 2.25. The summed E-state index contributed by atoms with van der Waals surface area (Å²) in [5.74, 6) is -0.0159. The summed E-state index contributed by atoms with van der Waals surface area (Å²) in [7, 11) is 0. The van der Waals surface area contributed by atoms with Crippen molar-refractivity contribution >= 4 is 23.2 Å². The van der Waals surface area contributed by atoms with Crippen molar-refractivity contribution in [1.82, 2.24) is 9.80 Å². The summed E-state index contributed by atoms with van der Waals surface area (Å²) in [6.07, 6.45) is 0. The first-order valence-corrected chi connectivity index (χ1v) is 9.45. The van der Waals surface area contributed by atoms with Crippen molar-refractivity contribution in [2.24, 2.45) is 0 Å². The van der Waals surface area contributed by atoms with Gasteiger partial charge in [-0.2, -0.15) is 5.26 Å². The zero-order valence-electron chi connectivity index (χ0n) is 15.4. The van der Waals surface area contributed by atoms with E-state index < -0.39 is 0 Å². The topological polar surface area (TPSA) is 59.4 Å². The van der Waals surface area contributed by atoms with Crippen molar-refractivity contribution in [3.8, 4) is 6.07 Å². The van der Waals surface area contributed by atoms with Gasteiger partial charge < -0.3 is 5.32 Å². The Morgan fingerprint density at radius 1 is 1.19 bits per heavy atom. The molecule has 2 aromatic rings. The lowest BCUT2D eigenvalue weighted by Crippen LogP contribution is -2.52. The highest BCUT2D eigenvalue weighted by atomic mass is 35.5. The van der Waals surface area contributed by atoms with Gasteiger partial charge >= 0.3 is 0 Å². The van der Waals surface area contributed by atoms with Gasteiger partial charge in [-0.05, 0) is 42.8 Å². The number of amides is 1. The molecule has 5 nitrogen and oxygen atoms in total. The van der Waals surface area contributed by atoms with Gasteiger partial charge in [0.15, 0.2) is 0 Å². The van der Waals surface area contributed by atoms with Crippen molar-refractivity contribution in [1.29, 1.82) is 5.26 Å². The molecule has 0 aromatic heterocycles. The molecular weight excluding hydrogens is 360 g/mol. The van der Waals surface area contributed by atoms with E-state index in [1.807, 2.05) is 43.3 Å². The summed E-state index contributed by atoms with van der Waals surface area (Å²) in [4.78, 5) is 17.1. The van der Waals surface area contributed by atoms with Crippen molar-refractivity contribution in [3.63, 3.8) is 0 Å². The Morgan fingerprint density at radius 3 is 2.52 bits per heavy atom. The maximum Gasteiger partial charge on any atom is 0.241 e. The molecule has 1 aliphatic rings. The predicted molar refractivity (Wildman–Crippen MR) is 108 cm³/mol. The van der Waals surface area contributed by atoms with Crippen LogP contribution in [-0.2, 0) is 11.3 Å². The number of nitrogens with zero attached hydrogens (tertiary/aromatic N) is 3. The molecule has 1 heterocycles. The van der Waals surface area contributed by atoms with Crippen LogP contribution < -0.4 is 5.32 Å². The highest BCUT2D eigenvalue weighted by molar-refractivity contribution is 6.30. The third kappa shape index (κ3) is 5.30. The van der Waals surface area contributed by atoms with E-state index in [4.69, 9.17) is 16.9 Å². The third-order valence-corrected chi connectivity index (χ3v) is 5.15. The number of carbonyl (C=O) groups excluding carboxylic acids is 1. The average molecular weight is 383 g/mol. The number of nitriles is 1. The van der Waals surface area contributed by atoms with E-state index in [2.05, 4.69) is 21.2 Å². The number of hydrogen-bond acceptors (Lipinski definition) is 4. The lowest BCUT2D eigenvalue weighted by Gasteiger charge is -2.37. The number of hydrogen-bond donors (Lipinski definition) is 1. The van der Waals surface area contributed by atoms with E-state index in [0.29, 0.717) is 10.6 Å². The van der Waals surface area contributed by atoms with Crippen LogP contribution in [0.15, 0.2) is 48.5 Å². The minimum atomic E-state index is -0.193. The number of piperazine rings is 1. The fourth-order valence-corrected chi connectivity index (χ4v) is 3.42. The second kappa shape index (κ2) is 9.01. The predicted octanol–water partition coefficient (Wildman–Crippen LogP) is 3.36. The van der Waals surface area contributed by atoms with Crippen molar-refractivity contribution in [3.05, 3.63) is 64.7 Å². The molecule has 0 unspecified atom stereocenters. The van der Waals surface area contributed by atoms with Crippen molar-refractivity contribution in [2.45, 2.75) is 19.5 Å². The molecular formula is C21H23ClN4O. The Bertz CT molecular complexity index is 823. The van der Waals surface area contributed by atoms with Gasteiger partial charge in [-0.25, -0.2) is 0 Å². The van der Waals surface area contributed by atoms with E-state index in [-0.39, 0.29) is 11.9 Å². The van der Waals surface area contributed by atoms with Crippen LogP contribution in [0.25, 0.3) is 0 Å². The monoisotopic (exact) mass is 382 g/mol. The molecule has 6 heteroatoms. The smallest absolute Gasteiger partial charge is 0.241 e. The lowest BCUT2D eigenvalue weighted by atomic mass is 10.1. The van der Waals surface area contributed by atoms with Crippen molar-refractivity contribution < 1.29 is 4.79 Å². The number of rotatable bonds is 5. The van der Waals surface area contributed by atoms with Crippen molar-refractivity contribution in [2.75, 3.05) is 31.5 Å². The van der Waals surface area contributed by atoms with E-state index in [0.717, 1.165) is 38.4 Å². The second-order valence-corrected chi connectivity index (χ2v) is 7.23. The SMILES string of the molecule is C[C@@H](C(=O)Nc1cccc(Cl)c1)N1CCN(Cc2ccc(C#N)cc2)CC1. The fourth-order valence-electron chi connectivity index (χ4n) is 3.23. The van der Waals surface area contributed by atoms with E-state index in [1.54, 1.807) is 12.1 Å². The van der Waals surface area contributed by atoms with Crippen LogP contribution in [0.5, 0.6) is 0 Å². The molecule has 27 heavy (non-hydrogen) atoms. The van der Waals surface area contributed by atoms with Crippen LogP contribution in [0.3, 0.4) is 0 Å². The van der Waals surface area contributed by atoms with E-state index >= 15 is 0 Å². The second-order valence-electron chi connectivity index (χ2n) is 6.80. The molecule has 3 rings (SSSR count). The van der Waals surface area contributed by atoms with Crippen LogP contribution in [0, 0.1) is 11.3 Å². The summed E-state index contributed by atoms with van der Waals surface area (Å²) in [5.41, 5.74) is 2.61. The summed E-state index contributed by atoms with van der Waals surface area (Å²) in [6, 6.07) is 16.9. The summed E-state index contributed by atoms with van der Waals surface area (Å²) >= 11 is 5.97. The van der Waals surface area contributed by atoms with E-state index in [9.17, 15) is 4.79 Å². The van der Waals surface area contributed by atoms with Crippen LogP contribution in [0.4, 0.5) is 5.69 Å². The summed E-state index contributed by atoms with van der Waals surface area (Å²) < 4.78 is 0. The van der Waals surface area contributed by atoms with Gasteiger partial charge in [-0.15, -0.1) is 0 Å². The minimum absolute atomic E-state index is 0.0159. The van der Waals surface area contributed by atoms with Gasteiger partial charge in [0.2, 0.25) is 5.91 Å². The van der Waals surface area contributed by atoms with Crippen LogP contribution >= 0.6 is 11.6 Å². The molecule has 0 radical (unpaired) electrons. The van der Waals surface area contributed by atoms with Gasteiger partial charge in [-0.1, -0.05) is 29.8 Å². The van der Waals surface area contributed by atoms with Crippen LogP contribution in [0.1, 0.15) is 18.1 Å². The normalized spacial score (nSPS) is 16.5. The molecule has 1 fully saturated rings. The third-order valence-electron chi connectivity index (χ3n) is 4.92. The standard InChI is InChI=1S/C21H23ClN4O/c1-16(21(27)24-20-4-2-3-19(22)13-20)26-11-9-25(10-12-26)15-18-7-5-17(14-23)6-8-18/h2-8,13,16H,9-12,15H2,1H3,(H,24,27)/t16-/m0/s1. The zero-order valence-corrected chi connectivity index (χ0v) is 16.1. The maximum absolute atomic E-state index is 12.5. The summed E-state index contributed by atoms with van der Waals surface area (Å²) in [6.45, 7) is 6.32. The molecule has 1 N–H and O–H groups in total. The summed E-state index contributed by atoms with van der Waals surface area (Å²) in [5, 5.41) is 12.4. The molecule has 2 aromatic carbocycles. The number of nitrogens with one attached hydrogen (secondary N) is 1. The molecule has 0 spiro atoms. The quantitative estimate of drug-likeness (QED) is 0.861. The largest absolute Gasteiger partial charge is 0.325 e. The Labute approximate surface area is 165 Å². The average Bonchev–Trinajstić information content (AvgIpc) is 2.68. The van der Waals surface area contributed by atoms with Crippen LogP contribution in [0.2, 0.25) is 5.02 Å². The Hall–Kier alpha value is -2.39. The van der Waals surface area contributed by atoms with Gasteiger partial charge in [0, 0.05) is 43.4 Å². The minimum Gasteiger partial charge on any atom is -0.325 e. The van der Waals surface area contributed by atoms with Crippen LogP contribution in [-0.4, -0.2) is 47.9 Å². The first-order valence-electron chi connectivity index (χ1n) is 9.07. The zero-order chi connectivity index (χ0) is 19.2.